The van der Waals surface area contributed by atoms with E-state index in [0.29, 0.717) is 17.7 Å². The fraction of sp³-hybridized carbons (Fsp3) is 0.381. The summed E-state index contributed by atoms with van der Waals surface area (Å²) >= 11 is 1.69. The molecule has 2 heterocycles. The minimum atomic E-state index is -0.200. The minimum absolute atomic E-state index is 0.200. The van der Waals surface area contributed by atoms with Crippen molar-refractivity contribution in [1.29, 1.82) is 0 Å². The average Bonchev–Trinajstić information content (AvgIpc) is 3.11. The Hall–Kier alpha value is -2.67. The molecule has 1 saturated carbocycles. The van der Waals surface area contributed by atoms with Gasteiger partial charge in [-0.25, -0.2) is 4.98 Å². The largest absolute Gasteiger partial charge is 0.358 e. The molecule has 146 valence electrons. The first-order valence-corrected chi connectivity index (χ1v) is 10.6. The first-order valence-electron chi connectivity index (χ1n) is 9.74. The van der Waals surface area contributed by atoms with Crippen molar-refractivity contribution >= 4 is 44.0 Å². The van der Waals surface area contributed by atoms with Crippen LogP contribution in [0.5, 0.6) is 0 Å². The van der Waals surface area contributed by atoms with E-state index in [4.69, 9.17) is 4.98 Å². The highest BCUT2D eigenvalue weighted by Crippen LogP contribution is 2.32. The third-order valence-electron chi connectivity index (χ3n) is 5.32. The van der Waals surface area contributed by atoms with E-state index >= 15 is 0 Å². The molecule has 1 aliphatic rings. The monoisotopic (exact) mass is 395 g/mol. The van der Waals surface area contributed by atoms with Gasteiger partial charge in [0.15, 0.2) is 5.13 Å². The molecule has 3 N–H and O–H groups in total. The van der Waals surface area contributed by atoms with Crippen LogP contribution >= 0.6 is 11.3 Å². The fourth-order valence-corrected chi connectivity index (χ4v) is 4.65. The number of amides is 1. The van der Waals surface area contributed by atoms with Gasteiger partial charge in [0, 0.05) is 30.7 Å². The fourth-order valence-electron chi connectivity index (χ4n) is 3.68. The van der Waals surface area contributed by atoms with Gasteiger partial charge in [-0.2, -0.15) is 0 Å². The highest BCUT2D eigenvalue weighted by molar-refractivity contribution is 7.22. The molecule has 0 bridgehead atoms. The van der Waals surface area contributed by atoms with Crippen molar-refractivity contribution in [3.63, 3.8) is 0 Å². The molecule has 1 aromatic carbocycles. The smallest absolute Gasteiger partial charge is 0.269 e. The van der Waals surface area contributed by atoms with E-state index < -0.39 is 0 Å². The summed E-state index contributed by atoms with van der Waals surface area (Å²) in [5, 5.41) is 10.6. The van der Waals surface area contributed by atoms with Crippen LogP contribution in [0.25, 0.3) is 10.2 Å². The van der Waals surface area contributed by atoms with Gasteiger partial charge in [-0.1, -0.05) is 31.1 Å². The summed E-state index contributed by atoms with van der Waals surface area (Å²) in [5.74, 6) is 0.494. The predicted octanol–water partition coefficient (Wildman–Crippen LogP) is 4.79. The second kappa shape index (κ2) is 8.14. The summed E-state index contributed by atoms with van der Waals surface area (Å²) in [6.45, 7) is 2.33. The Labute approximate surface area is 168 Å². The highest BCUT2D eigenvalue weighted by Gasteiger charge is 2.22. The average molecular weight is 396 g/mol. The maximum Gasteiger partial charge on any atom is 0.269 e. The lowest BCUT2D eigenvalue weighted by Crippen LogP contribution is -2.30. The summed E-state index contributed by atoms with van der Waals surface area (Å²) in [6, 6.07) is 10.3. The van der Waals surface area contributed by atoms with Crippen LogP contribution in [-0.2, 0) is 0 Å². The molecule has 1 aliphatic carbocycles. The number of nitrogens with zero attached hydrogens (tertiary/aromatic N) is 2. The van der Waals surface area contributed by atoms with Gasteiger partial charge in [-0.05, 0) is 49.1 Å². The summed E-state index contributed by atoms with van der Waals surface area (Å²) in [7, 11) is 1.60. The van der Waals surface area contributed by atoms with Crippen LogP contribution in [0, 0.1) is 5.92 Å². The molecule has 1 fully saturated rings. The second-order valence-electron chi connectivity index (χ2n) is 7.35. The number of nitrogens with one attached hydrogen (secondary N) is 3. The molecule has 2 aromatic heterocycles. The van der Waals surface area contributed by atoms with E-state index in [9.17, 15) is 4.79 Å². The number of benzene rings is 1. The van der Waals surface area contributed by atoms with Crippen LogP contribution in [0.15, 0.2) is 36.5 Å². The molecule has 2 atom stereocenters. The molecule has 6 nitrogen and oxygen atoms in total. The quantitative estimate of drug-likeness (QED) is 0.579. The second-order valence-corrected chi connectivity index (χ2v) is 8.38. The molecule has 0 unspecified atom stereocenters. The van der Waals surface area contributed by atoms with Crippen LogP contribution in [0.4, 0.5) is 16.5 Å². The molecule has 0 aliphatic heterocycles. The van der Waals surface area contributed by atoms with E-state index in [-0.39, 0.29) is 5.91 Å². The molecular weight excluding hydrogens is 370 g/mol. The van der Waals surface area contributed by atoms with Crippen LogP contribution in [0.2, 0.25) is 0 Å². The SMILES string of the molecule is CNC(=O)c1cc(Nc2ccc3nc(N[C@@H]4CCCC[C@H]4C)sc3c2)ccn1. The summed E-state index contributed by atoms with van der Waals surface area (Å²) in [6.07, 6.45) is 6.78. The van der Waals surface area contributed by atoms with Crippen LogP contribution < -0.4 is 16.0 Å². The molecule has 4 rings (SSSR count). The molecule has 0 spiro atoms. The first-order chi connectivity index (χ1) is 13.6. The van der Waals surface area contributed by atoms with E-state index in [2.05, 4.69) is 33.9 Å². The van der Waals surface area contributed by atoms with Gasteiger partial charge in [0.2, 0.25) is 0 Å². The number of carbonyl (C=O) groups is 1. The summed E-state index contributed by atoms with van der Waals surface area (Å²) in [5.41, 5.74) is 3.18. The van der Waals surface area contributed by atoms with E-state index in [1.165, 1.54) is 25.7 Å². The van der Waals surface area contributed by atoms with Gasteiger partial charge in [-0.3, -0.25) is 9.78 Å². The number of fused-ring (bicyclic) bond motifs is 1. The lowest BCUT2D eigenvalue weighted by atomic mass is 9.86. The number of anilines is 3. The number of thiazole rings is 1. The van der Waals surface area contributed by atoms with Crippen molar-refractivity contribution in [2.75, 3.05) is 17.7 Å². The number of aromatic nitrogens is 2. The number of hydrogen-bond acceptors (Lipinski definition) is 6. The number of hydrogen-bond donors (Lipinski definition) is 3. The summed E-state index contributed by atoms with van der Waals surface area (Å²) < 4.78 is 1.14. The zero-order valence-corrected chi connectivity index (χ0v) is 17.0. The molecular formula is C21H25N5OS. The van der Waals surface area contributed by atoms with E-state index in [1.54, 1.807) is 30.6 Å². The van der Waals surface area contributed by atoms with E-state index in [0.717, 1.165) is 26.7 Å². The zero-order chi connectivity index (χ0) is 19.5. The van der Waals surface area contributed by atoms with Gasteiger partial charge in [0.1, 0.15) is 5.69 Å². The normalized spacial score (nSPS) is 19.4. The van der Waals surface area contributed by atoms with Crippen molar-refractivity contribution in [1.82, 2.24) is 15.3 Å². The van der Waals surface area contributed by atoms with Gasteiger partial charge in [-0.15, -0.1) is 0 Å². The van der Waals surface area contributed by atoms with Gasteiger partial charge in [0.05, 0.1) is 10.2 Å². The predicted molar refractivity (Wildman–Crippen MR) is 116 cm³/mol. The Bertz CT molecular complexity index is 986. The molecule has 0 saturated heterocycles. The first kappa shape index (κ1) is 18.7. The Balaban J connectivity index is 1.51. The van der Waals surface area contributed by atoms with Crippen LogP contribution in [0.3, 0.4) is 0 Å². The molecule has 1 amide bonds. The lowest BCUT2D eigenvalue weighted by Gasteiger charge is -2.29. The molecule has 7 heteroatoms. The Kier molecular flexibility index (Phi) is 5.43. The number of pyridine rings is 1. The van der Waals surface area contributed by atoms with Crippen molar-refractivity contribution in [2.45, 2.75) is 38.6 Å². The molecule has 0 radical (unpaired) electrons. The van der Waals surface area contributed by atoms with Crippen LogP contribution in [0.1, 0.15) is 43.1 Å². The minimum Gasteiger partial charge on any atom is -0.358 e. The maximum atomic E-state index is 11.8. The third-order valence-corrected chi connectivity index (χ3v) is 6.27. The lowest BCUT2D eigenvalue weighted by molar-refractivity contribution is 0.0958. The highest BCUT2D eigenvalue weighted by atomic mass is 32.1. The Morgan fingerprint density at radius 3 is 2.79 bits per heavy atom. The standard InChI is InChI=1S/C21H25N5OS/c1-13-5-3-4-6-16(13)25-21-26-17-8-7-14(12-19(17)28-21)24-15-9-10-23-18(11-15)20(27)22-2/h7-13,16H,3-6H2,1-2H3,(H,22,27)(H,23,24)(H,25,26)/t13-,16-/m1/s1. The number of rotatable bonds is 5. The molecule has 3 aromatic rings. The van der Waals surface area contributed by atoms with Crippen molar-refractivity contribution < 1.29 is 4.79 Å². The van der Waals surface area contributed by atoms with Crippen LogP contribution in [-0.4, -0.2) is 29.0 Å². The van der Waals surface area contributed by atoms with Gasteiger partial charge in [0.25, 0.3) is 5.91 Å². The van der Waals surface area contributed by atoms with Gasteiger partial charge >= 0.3 is 0 Å². The Morgan fingerprint density at radius 2 is 1.96 bits per heavy atom. The van der Waals surface area contributed by atoms with E-state index in [1.807, 2.05) is 18.2 Å². The maximum absolute atomic E-state index is 11.8. The van der Waals surface area contributed by atoms with Crippen molar-refractivity contribution in [2.24, 2.45) is 5.92 Å². The summed E-state index contributed by atoms with van der Waals surface area (Å²) in [4.78, 5) is 20.6. The van der Waals surface area contributed by atoms with Crippen molar-refractivity contribution in [3.8, 4) is 0 Å². The zero-order valence-electron chi connectivity index (χ0n) is 16.2. The third kappa shape index (κ3) is 4.09. The number of carbonyl (C=O) groups excluding carboxylic acids is 1. The topological polar surface area (TPSA) is 78.9 Å². The molecule has 28 heavy (non-hydrogen) atoms. The van der Waals surface area contributed by atoms with Crippen molar-refractivity contribution in [3.05, 3.63) is 42.2 Å². The van der Waals surface area contributed by atoms with Gasteiger partial charge < -0.3 is 16.0 Å². The Morgan fingerprint density at radius 1 is 1.14 bits per heavy atom.